The largest absolute Gasteiger partial charge is 0.330 e. The SMILES string of the molecule is CCCCOP(=O)(CCCCCCN1CCCCC1)OCCCC. The van der Waals surface area contributed by atoms with E-state index in [-0.39, 0.29) is 0 Å². The van der Waals surface area contributed by atoms with Crippen LogP contribution in [0.2, 0.25) is 0 Å². The number of hydrogen-bond acceptors (Lipinski definition) is 4. The summed E-state index contributed by atoms with van der Waals surface area (Å²) in [6.07, 6.45) is 13.3. The van der Waals surface area contributed by atoms with Crippen LogP contribution in [0.25, 0.3) is 0 Å². The van der Waals surface area contributed by atoms with E-state index in [0.717, 1.165) is 38.5 Å². The van der Waals surface area contributed by atoms with Crippen LogP contribution in [0.5, 0.6) is 0 Å². The van der Waals surface area contributed by atoms with Gasteiger partial charge in [0.05, 0.1) is 19.4 Å². The standard InChI is InChI=1S/C19H40NO3P/c1-3-5-17-22-24(21,23-18-6-4-2)19-13-8-7-10-14-20-15-11-9-12-16-20/h3-19H2,1-2H3. The second-order valence-corrected chi connectivity index (χ2v) is 9.21. The van der Waals surface area contributed by atoms with Crippen LogP contribution in [0.15, 0.2) is 0 Å². The van der Waals surface area contributed by atoms with Crippen LogP contribution in [-0.4, -0.2) is 43.9 Å². The highest BCUT2D eigenvalue weighted by Gasteiger charge is 2.23. The molecular formula is C19H40NO3P. The molecule has 1 aliphatic heterocycles. The molecule has 1 saturated heterocycles. The van der Waals surface area contributed by atoms with Gasteiger partial charge in [0.1, 0.15) is 0 Å². The van der Waals surface area contributed by atoms with Crippen molar-refractivity contribution in [2.24, 2.45) is 0 Å². The first-order valence-corrected chi connectivity index (χ1v) is 12.0. The van der Waals surface area contributed by atoms with Crippen LogP contribution in [0.3, 0.4) is 0 Å². The van der Waals surface area contributed by atoms with Crippen molar-refractivity contribution < 1.29 is 13.6 Å². The molecule has 0 aliphatic carbocycles. The lowest BCUT2D eigenvalue weighted by molar-refractivity contribution is 0.199. The molecule has 1 aliphatic rings. The van der Waals surface area contributed by atoms with Crippen molar-refractivity contribution in [1.29, 1.82) is 0 Å². The summed E-state index contributed by atoms with van der Waals surface area (Å²) in [4.78, 5) is 2.59. The maximum Gasteiger partial charge on any atom is 0.330 e. The van der Waals surface area contributed by atoms with Gasteiger partial charge < -0.3 is 13.9 Å². The summed E-state index contributed by atoms with van der Waals surface area (Å²) < 4.78 is 24.1. The molecule has 0 aromatic rings. The molecule has 0 bridgehead atoms. The number of rotatable bonds is 15. The molecular weight excluding hydrogens is 321 g/mol. The Hall–Kier alpha value is 0.110. The Morgan fingerprint density at radius 1 is 0.792 bits per heavy atom. The van der Waals surface area contributed by atoms with Crippen LogP contribution in [-0.2, 0) is 13.6 Å². The fourth-order valence-corrected chi connectivity index (χ4v) is 4.80. The molecule has 0 aromatic carbocycles. The molecule has 0 spiro atoms. The number of unbranched alkanes of at least 4 members (excludes halogenated alkanes) is 5. The molecule has 144 valence electrons. The zero-order valence-electron chi connectivity index (χ0n) is 16.1. The molecule has 0 aromatic heterocycles. The van der Waals surface area contributed by atoms with Gasteiger partial charge in [-0.3, -0.25) is 4.57 Å². The van der Waals surface area contributed by atoms with Crippen LogP contribution < -0.4 is 0 Å². The summed E-state index contributed by atoms with van der Waals surface area (Å²) in [5, 5.41) is 0. The Labute approximate surface area is 150 Å². The molecule has 0 unspecified atom stereocenters. The molecule has 1 fully saturated rings. The highest BCUT2D eigenvalue weighted by Crippen LogP contribution is 2.49. The van der Waals surface area contributed by atoms with Gasteiger partial charge in [-0.2, -0.15) is 0 Å². The molecule has 0 saturated carbocycles. The molecule has 1 rings (SSSR count). The molecule has 0 radical (unpaired) electrons. The average Bonchev–Trinajstić information content (AvgIpc) is 2.59. The first-order valence-electron chi connectivity index (χ1n) is 10.3. The van der Waals surface area contributed by atoms with E-state index in [1.807, 2.05) is 0 Å². The molecule has 1 heterocycles. The van der Waals surface area contributed by atoms with Gasteiger partial charge in [-0.15, -0.1) is 0 Å². The Bertz CT molecular complexity index is 319. The third-order valence-electron chi connectivity index (χ3n) is 4.68. The summed E-state index contributed by atoms with van der Waals surface area (Å²) in [6.45, 7) is 9.17. The summed E-state index contributed by atoms with van der Waals surface area (Å²) in [5.41, 5.74) is 0. The Morgan fingerprint density at radius 3 is 1.96 bits per heavy atom. The van der Waals surface area contributed by atoms with Crippen molar-refractivity contribution in [3.8, 4) is 0 Å². The Kier molecular flexibility index (Phi) is 13.2. The van der Waals surface area contributed by atoms with E-state index < -0.39 is 7.60 Å². The molecule has 5 heteroatoms. The molecule has 24 heavy (non-hydrogen) atoms. The normalized spacial score (nSPS) is 16.6. The predicted molar refractivity (Wildman–Crippen MR) is 103 cm³/mol. The van der Waals surface area contributed by atoms with Gasteiger partial charge in [-0.1, -0.05) is 46.0 Å². The van der Waals surface area contributed by atoms with Gasteiger partial charge in [0, 0.05) is 0 Å². The first-order chi connectivity index (χ1) is 11.7. The lowest BCUT2D eigenvalue weighted by Crippen LogP contribution is -2.30. The minimum atomic E-state index is -2.86. The summed E-state index contributed by atoms with van der Waals surface area (Å²) in [5.74, 6) is 0. The third-order valence-corrected chi connectivity index (χ3v) is 6.69. The van der Waals surface area contributed by atoms with E-state index in [9.17, 15) is 4.57 Å². The number of hydrogen-bond donors (Lipinski definition) is 0. The summed E-state index contributed by atoms with van der Waals surface area (Å²) in [6, 6.07) is 0. The molecule has 4 nitrogen and oxygen atoms in total. The van der Waals surface area contributed by atoms with E-state index in [2.05, 4.69) is 18.7 Å². The van der Waals surface area contributed by atoms with E-state index in [1.165, 1.54) is 51.7 Å². The fraction of sp³-hybridized carbons (Fsp3) is 1.00. The van der Waals surface area contributed by atoms with E-state index in [0.29, 0.717) is 19.4 Å². The van der Waals surface area contributed by atoms with Crippen molar-refractivity contribution in [2.75, 3.05) is 39.0 Å². The molecule has 0 amide bonds. The Balaban J connectivity index is 2.14. The van der Waals surface area contributed by atoms with Gasteiger partial charge in [0.15, 0.2) is 0 Å². The van der Waals surface area contributed by atoms with Crippen molar-refractivity contribution in [1.82, 2.24) is 4.90 Å². The summed E-state index contributed by atoms with van der Waals surface area (Å²) >= 11 is 0. The van der Waals surface area contributed by atoms with Gasteiger partial charge in [0.2, 0.25) is 0 Å². The van der Waals surface area contributed by atoms with Crippen molar-refractivity contribution >= 4 is 7.60 Å². The second kappa shape index (κ2) is 14.3. The lowest BCUT2D eigenvalue weighted by atomic mass is 10.1. The zero-order valence-corrected chi connectivity index (χ0v) is 17.0. The minimum Gasteiger partial charge on any atom is -0.309 e. The van der Waals surface area contributed by atoms with Gasteiger partial charge >= 0.3 is 7.60 Å². The van der Waals surface area contributed by atoms with E-state index >= 15 is 0 Å². The number of likely N-dealkylation sites (tertiary alicyclic amines) is 1. The first kappa shape index (κ1) is 22.2. The Morgan fingerprint density at radius 2 is 1.38 bits per heavy atom. The third kappa shape index (κ3) is 10.9. The van der Waals surface area contributed by atoms with Crippen LogP contribution >= 0.6 is 7.60 Å². The zero-order chi connectivity index (χ0) is 17.5. The topological polar surface area (TPSA) is 38.8 Å². The van der Waals surface area contributed by atoms with Crippen LogP contribution in [0, 0.1) is 0 Å². The maximum atomic E-state index is 12.8. The fourth-order valence-electron chi connectivity index (χ4n) is 3.04. The van der Waals surface area contributed by atoms with Crippen molar-refractivity contribution in [3.63, 3.8) is 0 Å². The minimum absolute atomic E-state index is 0.564. The highest BCUT2D eigenvalue weighted by atomic mass is 31.2. The van der Waals surface area contributed by atoms with Crippen molar-refractivity contribution in [3.05, 3.63) is 0 Å². The average molecular weight is 362 g/mol. The van der Waals surface area contributed by atoms with Crippen molar-refractivity contribution in [2.45, 2.75) is 84.5 Å². The second-order valence-electron chi connectivity index (χ2n) is 7.02. The molecule has 0 atom stereocenters. The van der Waals surface area contributed by atoms with Gasteiger partial charge in [-0.25, -0.2) is 0 Å². The van der Waals surface area contributed by atoms with Gasteiger partial charge in [0.25, 0.3) is 0 Å². The smallest absolute Gasteiger partial charge is 0.309 e. The van der Waals surface area contributed by atoms with E-state index in [1.54, 1.807) is 0 Å². The maximum absolute atomic E-state index is 12.8. The van der Waals surface area contributed by atoms with Crippen LogP contribution in [0.4, 0.5) is 0 Å². The van der Waals surface area contributed by atoms with Crippen LogP contribution in [0.1, 0.15) is 84.5 Å². The number of nitrogens with zero attached hydrogens (tertiary/aromatic N) is 1. The number of piperidine rings is 1. The van der Waals surface area contributed by atoms with Gasteiger partial charge in [-0.05, 0) is 58.2 Å². The quantitative estimate of drug-likeness (QED) is 0.270. The predicted octanol–water partition coefficient (Wildman–Crippen LogP) is 5.86. The lowest BCUT2D eigenvalue weighted by Gasteiger charge is -2.26. The highest BCUT2D eigenvalue weighted by molar-refractivity contribution is 7.53. The molecule has 0 N–H and O–H groups in total. The monoisotopic (exact) mass is 361 g/mol. The summed E-state index contributed by atoms with van der Waals surface area (Å²) in [7, 11) is -2.86. The van der Waals surface area contributed by atoms with E-state index in [4.69, 9.17) is 9.05 Å².